The Labute approximate surface area is 234 Å². The predicted molar refractivity (Wildman–Crippen MR) is 152 cm³/mol. The van der Waals surface area contributed by atoms with Crippen LogP contribution in [0.1, 0.15) is 41.9 Å². The van der Waals surface area contributed by atoms with E-state index in [9.17, 15) is 14.4 Å². The van der Waals surface area contributed by atoms with Gasteiger partial charge < -0.3 is 28.7 Å². The standard InChI is InChI=1S/C32H27N3O6/c1-3-24(36)39-13-8-14-40-31(38)20-15-23-34-21-11-6-4-9-17(21)26-27-19(16-33-30(27)37)25-18-10-5-7-12-22(18)35(29(25)28(26)34)32(20,2)41-23/h3-7,9-12,20,23H,1,8,13-16H2,2H3,(H,33,37). The van der Waals surface area contributed by atoms with Crippen molar-refractivity contribution in [3.63, 3.8) is 0 Å². The fraction of sp³-hybridized carbons (Fsp3) is 0.281. The maximum absolute atomic E-state index is 13.7. The minimum absolute atomic E-state index is 0.0663. The molecule has 9 heteroatoms. The molecule has 0 saturated carbocycles. The normalized spacial score (nSPS) is 22.4. The Morgan fingerprint density at radius 3 is 2.54 bits per heavy atom. The summed E-state index contributed by atoms with van der Waals surface area (Å²) in [6.45, 7) is 6.06. The van der Waals surface area contributed by atoms with Gasteiger partial charge in [0.1, 0.15) is 12.1 Å². The van der Waals surface area contributed by atoms with Gasteiger partial charge in [0.25, 0.3) is 5.91 Å². The molecule has 3 atom stereocenters. The SMILES string of the molecule is C=CC(=O)OCCCOC(=O)C1CC2OC1(C)n1c3ccccc3c3c4c(c5c6ccccc6n2c5c31)C(=O)NC4. The van der Waals surface area contributed by atoms with Gasteiger partial charge in [-0.1, -0.05) is 43.0 Å². The van der Waals surface area contributed by atoms with Crippen molar-refractivity contribution in [1.82, 2.24) is 14.5 Å². The van der Waals surface area contributed by atoms with E-state index in [-0.39, 0.29) is 25.1 Å². The van der Waals surface area contributed by atoms with Gasteiger partial charge in [-0.3, -0.25) is 9.59 Å². The van der Waals surface area contributed by atoms with E-state index < -0.39 is 23.8 Å². The number of benzene rings is 3. The number of nitrogens with zero attached hydrogens (tertiary/aromatic N) is 2. The van der Waals surface area contributed by atoms with Crippen molar-refractivity contribution in [3.8, 4) is 0 Å². The van der Waals surface area contributed by atoms with Gasteiger partial charge in [0.05, 0.1) is 40.8 Å². The number of amides is 1. The monoisotopic (exact) mass is 549 g/mol. The van der Waals surface area contributed by atoms with Crippen LogP contribution in [-0.4, -0.2) is 40.2 Å². The highest BCUT2D eigenvalue weighted by Crippen LogP contribution is 2.56. The minimum atomic E-state index is -1.05. The molecule has 1 amide bonds. The van der Waals surface area contributed by atoms with Gasteiger partial charge in [0, 0.05) is 47.0 Å². The molecular weight excluding hydrogens is 522 g/mol. The van der Waals surface area contributed by atoms with Crippen molar-refractivity contribution < 1.29 is 28.6 Å². The van der Waals surface area contributed by atoms with Crippen LogP contribution in [0.2, 0.25) is 0 Å². The van der Waals surface area contributed by atoms with Crippen LogP contribution < -0.4 is 5.32 Å². The number of hydrogen-bond acceptors (Lipinski definition) is 6. The lowest BCUT2D eigenvalue weighted by Gasteiger charge is -2.32. The number of carbonyl (C=O) groups is 3. The first-order valence-electron chi connectivity index (χ1n) is 13.9. The Balaban J connectivity index is 1.36. The molecule has 41 heavy (non-hydrogen) atoms. The van der Waals surface area contributed by atoms with E-state index in [2.05, 4.69) is 39.2 Å². The van der Waals surface area contributed by atoms with Crippen LogP contribution in [0.15, 0.2) is 61.2 Å². The third-order valence-corrected chi connectivity index (χ3v) is 8.93. The smallest absolute Gasteiger partial charge is 0.330 e. The van der Waals surface area contributed by atoms with Gasteiger partial charge in [-0.15, -0.1) is 0 Å². The van der Waals surface area contributed by atoms with E-state index in [1.165, 1.54) is 0 Å². The molecule has 3 aliphatic rings. The summed E-state index contributed by atoms with van der Waals surface area (Å²) in [4.78, 5) is 38.4. The Morgan fingerprint density at radius 1 is 1.05 bits per heavy atom. The van der Waals surface area contributed by atoms with Gasteiger partial charge in [-0.25, -0.2) is 4.79 Å². The molecule has 2 bridgehead atoms. The molecule has 5 heterocycles. The zero-order valence-electron chi connectivity index (χ0n) is 22.4. The van der Waals surface area contributed by atoms with Crippen LogP contribution >= 0.6 is 0 Å². The van der Waals surface area contributed by atoms with Gasteiger partial charge in [0.15, 0.2) is 5.72 Å². The van der Waals surface area contributed by atoms with E-state index in [0.29, 0.717) is 19.4 Å². The minimum Gasteiger partial charge on any atom is -0.465 e. The second kappa shape index (κ2) is 8.44. The maximum Gasteiger partial charge on any atom is 0.330 e. The molecule has 1 fully saturated rings. The number of fused-ring (bicyclic) bond motifs is 13. The summed E-state index contributed by atoms with van der Waals surface area (Å²) < 4.78 is 22.0. The highest BCUT2D eigenvalue weighted by atomic mass is 16.6. The number of carbonyl (C=O) groups excluding carboxylic acids is 3. The number of hydrogen-bond donors (Lipinski definition) is 1. The summed E-state index contributed by atoms with van der Waals surface area (Å²) in [6.07, 6.45) is 1.45. The van der Waals surface area contributed by atoms with Gasteiger partial charge in [-0.2, -0.15) is 0 Å². The number of ether oxygens (including phenoxy) is 3. The van der Waals surface area contributed by atoms with Crippen molar-refractivity contribution in [2.75, 3.05) is 13.2 Å². The highest BCUT2D eigenvalue weighted by Gasteiger charge is 2.55. The average molecular weight is 550 g/mol. The van der Waals surface area contributed by atoms with Gasteiger partial charge >= 0.3 is 11.9 Å². The molecule has 1 saturated heterocycles. The average Bonchev–Trinajstić information content (AvgIpc) is 3.70. The first-order chi connectivity index (χ1) is 19.9. The molecule has 3 unspecified atom stereocenters. The largest absolute Gasteiger partial charge is 0.465 e. The Bertz CT molecular complexity index is 2000. The topological polar surface area (TPSA) is 101 Å². The maximum atomic E-state index is 13.7. The first-order valence-corrected chi connectivity index (χ1v) is 13.9. The first kappa shape index (κ1) is 24.2. The van der Waals surface area contributed by atoms with E-state index in [4.69, 9.17) is 14.2 Å². The number of esters is 2. The van der Waals surface area contributed by atoms with Crippen molar-refractivity contribution >= 4 is 61.5 Å². The van der Waals surface area contributed by atoms with Crippen LogP contribution in [0.4, 0.5) is 0 Å². The number of nitrogens with one attached hydrogen (secondary N) is 1. The van der Waals surface area contributed by atoms with Crippen LogP contribution in [-0.2, 0) is 36.1 Å². The lowest BCUT2D eigenvalue weighted by atomic mass is 9.93. The molecule has 206 valence electrons. The van der Waals surface area contributed by atoms with Gasteiger partial charge in [0.2, 0.25) is 0 Å². The highest BCUT2D eigenvalue weighted by molar-refractivity contribution is 6.31. The van der Waals surface area contributed by atoms with Crippen LogP contribution in [0.5, 0.6) is 0 Å². The van der Waals surface area contributed by atoms with Crippen molar-refractivity contribution in [2.24, 2.45) is 5.92 Å². The predicted octanol–water partition coefficient (Wildman–Crippen LogP) is 5.03. The fourth-order valence-electron chi connectivity index (χ4n) is 7.31. The second-order valence-electron chi connectivity index (χ2n) is 11.0. The molecule has 0 spiro atoms. The second-order valence-corrected chi connectivity index (χ2v) is 11.0. The Morgan fingerprint density at radius 2 is 1.76 bits per heavy atom. The molecule has 1 N–H and O–H groups in total. The summed E-state index contributed by atoms with van der Waals surface area (Å²) in [5.74, 6) is -1.53. The summed E-state index contributed by atoms with van der Waals surface area (Å²) in [5.41, 5.74) is 4.47. The van der Waals surface area contributed by atoms with Crippen LogP contribution in [0.25, 0.3) is 43.6 Å². The molecule has 0 aliphatic carbocycles. The summed E-state index contributed by atoms with van der Waals surface area (Å²) in [5, 5.41) is 7.01. The quantitative estimate of drug-likeness (QED) is 0.181. The van der Waals surface area contributed by atoms with E-state index in [1.54, 1.807) is 0 Å². The lowest BCUT2D eigenvalue weighted by molar-refractivity contribution is -0.164. The number of rotatable bonds is 6. The summed E-state index contributed by atoms with van der Waals surface area (Å²) in [6, 6.07) is 16.2. The molecule has 9 nitrogen and oxygen atoms in total. The number of aromatic nitrogens is 2. The lowest BCUT2D eigenvalue weighted by Crippen LogP contribution is -2.40. The van der Waals surface area contributed by atoms with E-state index >= 15 is 0 Å². The molecule has 5 aromatic rings. The van der Waals surface area contributed by atoms with Crippen LogP contribution in [0, 0.1) is 5.92 Å². The van der Waals surface area contributed by atoms with Crippen molar-refractivity contribution in [3.05, 3.63) is 72.3 Å². The molecule has 8 rings (SSSR count). The summed E-state index contributed by atoms with van der Waals surface area (Å²) in [7, 11) is 0. The number of para-hydroxylation sites is 2. The zero-order chi connectivity index (χ0) is 28.0. The fourth-order valence-corrected chi connectivity index (χ4v) is 7.31. The van der Waals surface area contributed by atoms with E-state index in [1.807, 2.05) is 37.3 Å². The Hall–Kier alpha value is -4.63. The third kappa shape index (κ3) is 3.06. The molecule has 3 aliphatic heterocycles. The molecule has 3 aromatic carbocycles. The summed E-state index contributed by atoms with van der Waals surface area (Å²) >= 11 is 0. The van der Waals surface area contributed by atoms with Crippen LogP contribution in [0.3, 0.4) is 0 Å². The van der Waals surface area contributed by atoms with Crippen molar-refractivity contribution in [1.29, 1.82) is 0 Å². The molecule has 0 radical (unpaired) electrons. The van der Waals surface area contributed by atoms with Gasteiger partial charge in [-0.05, 0) is 24.6 Å². The zero-order valence-corrected chi connectivity index (χ0v) is 22.4. The molecular formula is C32H27N3O6. The molecule has 2 aromatic heterocycles. The van der Waals surface area contributed by atoms with E-state index in [0.717, 1.165) is 60.8 Å². The third-order valence-electron chi connectivity index (χ3n) is 8.93. The van der Waals surface area contributed by atoms with Crippen molar-refractivity contribution in [2.45, 2.75) is 38.3 Å². The Kier molecular flexibility index (Phi) is 4.98.